The highest BCUT2D eigenvalue weighted by atomic mass is 16.4. The van der Waals surface area contributed by atoms with E-state index in [4.69, 9.17) is 5.11 Å². The van der Waals surface area contributed by atoms with Crippen LogP contribution in [0.1, 0.15) is 65.7 Å². The third kappa shape index (κ3) is 3.62. The Morgan fingerprint density at radius 1 is 1.32 bits per heavy atom. The van der Waals surface area contributed by atoms with E-state index in [9.17, 15) is 19.8 Å². The van der Waals surface area contributed by atoms with Crippen molar-refractivity contribution in [2.75, 3.05) is 6.61 Å². The second-order valence-electron chi connectivity index (χ2n) is 8.55. The summed E-state index contributed by atoms with van der Waals surface area (Å²) >= 11 is 0. The van der Waals surface area contributed by atoms with E-state index in [1.807, 2.05) is 6.92 Å². The second kappa shape index (κ2) is 7.48. The van der Waals surface area contributed by atoms with E-state index in [0.717, 1.165) is 32.1 Å². The molecule has 1 fully saturated rings. The summed E-state index contributed by atoms with van der Waals surface area (Å²) in [6.45, 7) is 6.29. The third-order valence-electron chi connectivity index (χ3n) is 7.16. The van der Waals surface area contributed by atoms with Crippen molar-refractivity contribution >= 4 is 11.9 Å². The van der Waals surface area contributed by atoms with Crippen molar-refractivity contribution in [3.05, 3.63) is 11.6 Å². The molecule has 25 heavy (non-hydrogen) atoms. The average Bonchev–Trinajstić information content (AvgIpc) is 2.55. The first-order valence-corrected chi connectivity index (χ1v) is 9.44. The van der Waals surface area contributed by atoms with Crippen LogP contribution in [0.2, 0.25) is 0 Å². The molecule has 5 nitrogen and oxygen atoms in total. The molecule has 2 aliphatic carbocycles. The normalized spacial score (nSPS) is 36.2. The smallest absolute Gasteiger partial charge is 0.331 e. The van der Waals surface area contributed by atoms with Gasteiger partial charge in [0.25, 0.3) is 0 Å². The summed E-state index contributed by atoms with van der Waals surface area (Å²) in [5.41, 5.74) is -0.340. The zero-order valence-corrected chi connectivity index (χ0v) is 15.6. The lowest BCUT2D eigenvalue weighted by atomic mass is 9.46. The van der Waals surface area contributed by atoms with Crippen LogP contribution >= 0.6 is 0 Å². The van der Waals surface area contributed by atoms with Gasteiger partial charge in [0.2, 0.25) is 0 Å². The number of carbonyl (C=O) groups is 2. The first-order valence-electron chi connectivity index (χ1n) is 9.44. The van der Waals surface area contributed by atoms with Gasteiger partial charge in [0.05, 0.1) is 6.61 Å². The Kier molecular flexibility index (Phi) is 5.97. The Hall–Kier alpha value is -1.36. The molecule has 0 spiro atoms. The molecule has 0 aliphatic heterocycles. The number of aliphatic carboxylic acids is 2. The highest BCUT2D eigenvalue weighted by molar-refractivity contribution is 5.88. The number of carboxylic acid groups (broad SMARTS) is 2. The molecule has 0 aromatic rings. The summed E-state index contributed by atoms with van der Waals surface area (Å²) in [7, 11) is 0. The van der Waals surface area contributed by atoms with Crippen molar-refractivity contribution in [3.8, 4) is 0 Å². The number of hydrogen-bond acceptors (Lipinski definition) is 3. The van der Waals surface area contributed by atoms with Crippen molar-refractivity contribution in [1.82, 2.24) is 0 Å². The molecule has 5 atom stereocenters. The molecular formula is C20H32O5. The van der Waals surface area contributed by atoms with Crippen molar-refractivity contribution < 1.29 is 24.9 Å². The van der Waals surface area contributed by atoms with E-state index in [2.05, 4.69) is 13.8 Å². The van der Waals surface area contributed by atoms with E-state index in [1.54, 1.807) is 6.08 Å². The molecule has 0 aromatic carbocycles. The topological polar surface area (TPSA) is 94.8 Å². The second-order valence-corrected chi connectivity index (χ2v) is 8.55. The lowest BCUT2D eigenvalue weighted by Gasteiger charge is -2.58. The number of fused-ring (bicyclic) bond motifs is 1. The molecule has 0 radical (unpaired) electrons. The predicted octanol–water partition coefficient (Wildman–Crippen LogP) is 3.71. The zero-order valence-electron chi connectivity index (χ0n) is 15.6. The van der Waals surface area contributed by atoms with Crippen LogP contribution in [0.25, 0.3) is 0 Å². The average molecular weight is 352 g/mol. The fourth-order valence-corrected chi connectivity index (χ4v) is 5.43. The summed E-state index contributed by atoms with van der Waals surface area (Å²) in [4.78, 5) is 22.8. The summed E-state index contributed by atoms with van der Waals surface area (Å²) in [6.07, 6.45) is 6.91. The Balaban J connectivity index is 2.29. The van der Waals surface area contributed by atoms with Crippen molar-refractivity contribution in [3.63, 3.8) is 0 Å². The summed E-state index contributed by atoms with van der Waals surface area (Å²) < 4.78 is 0. The van der Waals surface area contributed by atoms with Crippen LogP contribution in [-0.4, -0.2) is 33.9 Å². The highest BCUT2D eigenvalue weighted by Gasteiger charge is 2.57. The number of allylic oxidation sites excluding steroid dienone is 1. The molecule has 0 amide bonds. The van der Waals surface area contributed by atoms with Crippen molar-refractivity contribution in [1.29, 1.82) is 0 Å². The van der Waals surface area contributed by atoms with Gasteiger partial charge in [-0.2, -0.15) is 0 Å². The number of rotatable bonds is 7. The van der Waals surface area contributed by atoms with Crippen LogP contribution in [0, 0.1) is 28.6 Å². The molecule has 0 aromatic heterocycles. The maximum atomic E-state index is 11.8. The lowest BCUT2D eigenvalue weighted by Crippen LogP contribution is -2.54. The summed E-state index contributed by atoms with van der Waals surface area (Å²) in [5.74, 6) is -1.02. The lowest BCUT2D eigenvalue weighted by molar-refractivity contribution is -0.141. The molecule has 142 valence electrons. The molecule has 0 heterocycles. The third-order valence-corrected chi connectivity index (χ3v) is 7.16. The standard InChI is InChI=1S/C20H32O5/c1-13(11-17(22)23)7-9-19(3)14(2)8-10-20(12-21)15(18(24)25)5-4-6-16(19)20/h5,13-14,16,21H,4,6-12H2,1-3H3,(H,22,23)(H,24,25). The summed E-state index contributed by atoms with van der Waals surface area (Å²) in [6, 6.07) is 0. The molecule has 5 unspecified atom stereocenters. The van der Waals surface area contributed by atoms with Crippen LogP contribution in [0.15, 0.2) is 11.6 Å². The van der Waals surface area contributed by atoms with E-state index in [1.165, 1.54) is 0 Å². The van der Waals surface area contributed by atoms with Gasteiger partial charge in [-0.25, -0.2) is 4.79 Å². The zero-order chi connectivity index (χ0) is 18.8. The minimum atomic E-state index is -0.908. The van der Waals surface area contributed by atoms with E-state index in [-0.39, 0.29) is 30.3 Å². The van der Waals surface area contributed by atoms with Crippen LogP contribution in [0.5, 0.6) is 0 Å². The first kappa shape index (κ1) is 20.0. The van der Waals surface area contributed by atoms with E-state index < -0.39 is 17.4 Å². The van der Waals surface area contributed by atoms with E-state index in [0.29, 0.717) is 17.9 Å². The Morgan fingerprint density at radius 2 is 2.00 bits per heavy atom. The molecule has 0 bridgehead atoms. The largest absolute Gasteiger partial charge is 0.481 e. The SMILES string of the molecule is CC(CCC1(C)C(C)CCC2(CO)C(C(=O)O)=CCCC21)CC(=O)O. The molecular weight excluding hydrogens is 320 g/mol. The van der Waals surface area contributed by atoms with Crippen LogP contribution < -0.4 is 0 Å². The predicted molar refractivity (Wildman–Crippen MR) is 95.1 cm³/mol. The van der Waals surface area contributed by atoms with Gasteiger partial charge in [-0.3, -0.25) is 4.79 Å². The van der Waals surface area contributed by atoms with E-state index >= 15 is 0 Å². The van der Waals surface area contributed by atoms with Gasteiger partial charge in [-0.05, 0) is 61.7 Å². The number of carboxylic acids is 2. The van der Waals surface area contributed by atoms with Crippen LogP contribution in [0.4, 0.5) is 0 Å². The minimum absolute atomic E-state index is 0.0807. The van der Waals surface area contributed by atoms with Gasteiger partial charge < -0.3 is 15.3 Å². The van der Waals surface area contributed by atoms with Crippen molar-refractivity contribution in [2.45, 2.75) is 65.7 Å². The monoisotopic (exact) mass is 352 g/mol. The first-order chi connectivity index (χ1) is 11.7. The molecule has 5 heteroatoms. The Bertz CT molecular complexity index is 554. The van der Waals surface area contributed by atoms with Gasteiger partial charge in [0.15, 0.2) is 0 Å². The maximum absolute atomic E-state index is 11.8. The fraction of sp³-hybridized carbons (Fsp3) is 0.800. The Morgan fingerprint density at radius 3 is 2.56 bits per heavy atom. The molecule has 2 aliphatic rings. The van der Waals surface area contributed by atoms with Crippen molar-refractivity contribution in [2.24, 2.45) is 28.6 Å². The number of aliphatic hydroxyl groups excluding tert-OH is 1. The number of hydrogen-bond donors (Lipinski definition) is 3. The highest BCUT2D eigenvalue weighted by Crippen LogP contribution is 2.62. The molecule has 0 saturated heterocycles. The van der Waals surface area contributed by atoms with Gasteiger partial charge in [0, 0.05) is 17.4 Å². The molecule has 2 rings (SSSR count). The fourth-order valence-electron chi connectivity index (χ4n) is 5.43. The van der Waals surface area contributed by atoms with Crippen LogP contribution in [0.3, 0.4) is 0 Å². The van der Waals surface area contributed by atoms with Gasteiger partial charge in [0.1, 0.15) is 0 Å². The summed E-state index contributed by atoms with van der Waals surface area (Å²) in [5, 5.41) is 28.9. The molecule has 3 N–H and O–H groups in total. The van der Waals surface area contributed by atoms with Crippen LogP contribution in [-0.2, 0) is 9.59 Å². The maximum Gasteiger partial charge on any atom is 0.331 e. The molecule has 1 saturated carbocycles. The number of aliphatic hydroxyl groups is 1. The van der Waals surface area contributed by atoms with Gasteiger partial charge >= 0.3 is 11.9 Å². The van der Waals surface area contributed by atoms with Gasteiger partial charge in [-0.1, -0.05) is 26.8 Å². The minimum Gasteiger partial charge on any atom is -0.481 e. The van der Waals surface area contributed by atoms with Gasteiger partial charge in [-0.15, -0.1) is 0 Å². The quantitative estimate of drug-likeness (QED) is 0.649. The Labute approximate surface area is 150 Å².